The van der Waals surface area contributed by atoms with E-state index < -0.39 is 5.97 Å². The van der Waals surface area contributed by atoms with E-state index in [0.29, 0.717) is 11.5 Å². The van der Waals surface area contributed by atoms with E-state index in [4.69, 9.17) is 4.98 Å². The van der Waals surface area contributed by atoms with E-state index in [0.717, 1.165) is 41.1 Å². The Bertz CT molecular complexity index is 1540. The zero-order valence-corrected chi connectivity index (χ0v) is 18.3. The zero-order chi connectivity index (χ0) is 22.0. The summed E-state index contributed by atoms with van der Waals surface area (Å²) in [5.41, 5.74) is 6.41. The fourth-order valence-corrected chi connectivity index (χ4v) is 5.05. The Morgan fingerprint density at radius 2 is 1.75 bits per heavy atom. The molecule has 1 saturated carbocycles. The minimum Gasteiger partial charge on any atom is -0.478 e. The molecule has 0 bridgehead atoms. The third-order valence-corrected chi connectivity index (χ3v) is 6.89. The lowest BCUT2D eigenvalue weighted by atomic mass is 10.1. The van der Waals surface area contributed by atoms with Crippen LogP contribution in [-0.4, -0.2) is 25.2 Å². The molecule has 0 unspecified atom stereocenters. The highest BCUT2D eigenvalue weighted by atomic mass is 16.4. The smallest absolute Gasteiger partial charge is 0.336 e. The molecular formula is C27H25N3O2. The van der Waals surface area contributed by atoms with E-state index in [1.165, 1.54) is 34.6 Å². The van der Waals surface area contributed by atoms with Crippen molar-refractivity contribution in [2.75, 3.05) is 0 Å². The first-order valence-electron chi connectivity index (χ1n) is 11.3. The second kappa shape index (κ2) is 6.95. The van der Waals surface area contributed by atoms with Crippen molar-refractivity contribution in [3.05, 3.63) is 65.7 Å². The third kappa shape index (κ3) is 2.77. The fraction of sp³-hybridized carbons (Fsp3) is 0.259. The van der Waals surface area contributed by atoms with Gasteiger partial charge in [-0.15, -0.1) is 0 Å². The summed E-state index contributed by atoms with van der Waals surface area (Å²) in [6, 6.07) is 18.8. The van der Waals surface area contributed by atoms with Crippen LogP contribution in [0.5, 0.6) is 0 Å². The first kappa shape index (κ1) is 19.1. The fourth-order valence-electron chi connectivity index (χ4n) is 5.05. The van der Waals surface area contributed by atoms with E-state index in [1.807, 2.05) is 13.0 Å². The molecule has 160 valence electrons. The van der Waals surface area contributed by atoms with Crippen LogP contribution in [-0.2, 0) is 13.1 Å². The van der Waals surface area contributed by atoms with E-state index in [2.05, 4.69) is 58.5 Å². The molecule has 5 heteroatoms. The third-order valence-electron chi connectivity index (χ3n) is 6.89. The quantitative estimate of drug-likeness (QED) is 0.364. The SMILES string of the molecule is CCn1c2ccccc2c2cc(-c3nc4c(C)c(C(=O)O)ccc4n3CC3CC3)ccc21. The molecule has 3 aromatic carbocycles. The number of carboxylic acid groups (broad SMARTS) is 1. The van der Waals surface area contributed by atoms with Gasteiger partial charge >= 0.3 is 5.97 Å². The van der Waals surface area contributed by atoms with Crippen molar-refractivity contribution in [2.24, 2.45) is 5.92 Å². The maximum Gasteiger partial charge on any atom is 0.336 e. The summed E-state index contributed by atoms with van der Waals surface area (Å²) in [7, 11) is 0. The van der Waals surface area contributed by atoms with Gasteiger partial charge in [0.2, 0.25) is 0 Å². The first-order chi connectivity index (χ1) is 15.6. The van der Waals surface area contributed by atoms with Gasteiger partial charge in [0.1, 0.15) is 5.82 Å². The highest BCUT2D eigenvalue weighted by Gasteiger charge is 2.26. The number of fused-ring (bicyclic) bond motifs is 4. The Kier molecular flexibility index (Phi) is 4.15. The van der Waals surface area contributed by atoms with Crippen molar-refractivity contribution in [3.63, 3.8) is 0 Å². The highest BCUT2D eigenvalue weighted by Crippen LogP contribution is 2.37. The molecule has 32 heavy (non-hydrogen) atoms. The molecule has 2 aromatic heterocycles. The van der Waals surface area contributed by atoms with Gasteiger partial charge in [-0.3, -0.25) is 0 Å². The van der Waals surface area contributed by atoms with Gasteiger partial charge in [-0.2, -0.15) is 0 Å². The maximum absolute atomic E-state index is 11.7. The Balaban J connectivity index is 1.62. The van der Waals surface area contributed by atoms with Gasteiger partial charge in [-0.25, -0.2) is 9.78 Å². The van der Waals surface area contributed by atoms with Gasteiger partial charge in [-0.05, 0) is 74.6 Å². The van der Waals surface area contributed by atoms with Crippen LogP contribution in [0.4, 0.5) is 0 Å². The van der Waals surface area contributed by atoms with Crippen molar-refractivity contribution in [3.8, 4) is 11.4 Å². The average Bonchev–Trinajstić information content (AvgIpc) is 3.46. The normalized spacial score (nSPS) is 14.1. The molecule has 0 radical (unpaired) electrons. The van der Waals surface area contributed by atoms with Gasteiger partial charge in [0.25, 0.3) is 0 Å². The number of rotatable bonds is 5. The minimum absolute atomic E-state index is 0.321. The Labute approximate surface area is 185 Å². The summed E-state index contributed by atoms with van der Waals surface area (Å²) < 4.78 is 4.65. The minimum atomic E-state index is -0.906. The number of aromatic nitrogens is 3. The molecule has 0 aliphatic heterocycles. The Morgan fingerprint density at radius 1 is 1.00 bits per heavy atom. The Hall–Kier alpha value is -3.60. The molecule has 1 fully saturated rings. The maximum atomic E-state index is 11.7. The summed E-state index contributed by atoms with van der Waals surface area (Å²) in [6.45, 7) is 5.88. The number of aryl methyl sites for hydroxylation is 2. The number of para-hydroxylation sites is 1. The predicted molar refractivity (Wildman–Crippen MR) is 128 cm³/mol. The van der Waals surface area contributed by atoms with Crippen molar-refractivity contribution >= 4 is 38.8 Å². The molecule has 0 atom stereocenters. The van der Waals surface area contributed by atoms with Gasteiger partial charge in [-0.1, -0.05) is 18.2 Å². The van der Waals surface area contributed by atoms with Gasteiger partial charge in [0.05, 0.1) is 16.6 Å². The van der Waals surface area contributed by atoms with Crippen LogP contribution in [0.2, 0.25) is 0 Å². The lowest BCUT2D eigenvalue weighted by molar-refractivity contribution is 0.0696. The summed E-state index contributed by atoms with van der Waals surface area (Å²) >= 11 is 0. The predicted octanol–water partition coefficient (Wildman–Crippen LogP) is 6.25. The van der Waals surface area contributed by atoms with Crippen LogP contribution in [0.25, 0.3) is 44.2 Å². The van der Waals surface area contributed by atoms with Gasteiger partial charge in [0.15, 0.2) is 0 Å². The molecular weight excluding hydrogens is 398 g/mol. The number of benzene rings is 3. The second-order valence-corrected chi connectivity index (χ2v) is 8.89. The molecule has 5 aromatic rings. The highest BCUT2D eigenvalue weighted by molar-refractivity contribution is 6.09. The molecule has 0 spiro atoms. The molecule has 1 aliphatic rings. The van der Waals surface area contributed by atoms with E-state index >= 15 is 0 Å². The topological polar surface area (TPSA) is 60.1 Å². The van der Waals surface area contributed by atoms with E-state index in [1.54, 1.807) is 6.07 Å². The van der Waals surface area contributed by atoms with Crippen LogP contribution in [0, 0.1) is 12.8 Å². The zero-order valence-electron chi connectivity index (χ0n) is 18.3. The van der Waals surface area contributed by atoms with Crippen molar-refractivity contribution in [2.45, 2.75) is 39.8 Å². The van der Waals surface area contributed by atoms with Crippen LogP contribution in [0.3, 0.4) is 0 Å². The molecule has 0 saturated heterocycles. The standard InChI is InChI=1S/C27H25N3O2/c1-3-29-22-7-5-4-6-20(22)21-14-18(10-12-23(21)29)26-28-25-16(2)19(27(31)32)11-13-24(25)30(26)15-17-8-9-17/h4-7,10-14,17H,3,8-9,15H2,1-2H3,(H,31,32). The molecule has 0 amide bonds. The lowest BCUT2D eigenvalue weighted by Gasteiger charge is -2.10. The molecule has 1 aliphatic carbocycles. The van der Waals surface area contributed by atoms with Crippen LogP contribution < -0.4 is 0 Å². The molecule has 2 heterocycles. The average molecular weight is 424 g/mol. The number of carbonyl (C=O) groups is 1. The summed E-state index contributed by atoms with van der Waals surface area (Å²) in [5, 5.41) is 12.1. The van der Waals surface area contributed by atoms with Crippen LogP contribution in [0.15, 0.2) is 54.6 Å². The van der Waals surface area contributed by atoms with Crippen LogP contribution >= 0.6 is 0 Å². The van der Waals surface area contributed by atoms with Crippen molar-refractivity contribution in [1.29, 1.82) is 0 Å². The number of hydrogen-bond acceptors (Lipinski definition) is 2. The molecule has 5 nitrogen and oxygen atoms in total. The number of nitrogens with zero attached hydrogens (tertiary/aromatic N) is 3. The monoisotopic (exact) mass is 423 g/mol. The number of carboxylic acids is 1. The van der Waals surface area contributed by atoms with Crippen molar-refractivity contribution in [1.82, 2.24) is 14.1 Å². The summed E-state index contributed by atoms with van der Waals surface area (Å²) in [4.78, 5) is 16.7. The van der Waals surface area contributed by atoms with E-state index in [9.17, 15) is 9.90 Å². The summed E-state index contributed by atoms with van der Waals surface area (Å²) in [6.07, 6.45) is 2.49. The molecule has 1 N–H and O–H groups in total. The van der Waals surface area contributed by atoms with Gasteiger partial charge < -0.3 is 14.2 Å². The summed E-state index contributed by atoms with van der Waals surface area (Å²) in [5.74, 6) is 0.695. The lowest BCUT2D eigenvalue weighted by Crippen LogP contribution is -2.03. The first-order valence-corrected chi connectivity index (χ1v) is 11.3. The largest absolute Gasteiger partial charge is 0.478 e. The number of aromatic carboxylic acids is 1. The number of imidazole rings is 1. The second-order valence-electron chi connectivity index (χ2n) is 8.89. The van der Waals surface area contributed by atoms with Gasteiger partial charge in [0, 0.05) is 40.5 Å². The molecule has 6 rings (SSSR count). The Morgan fingerprint density at radius 3 is 2.50 bits per heavy atom. The number of hydrogen-bond donors (Lipinski definition) is 1. The van der Waals surface area contributed by atoms with Crippen molar-refractivity contribution < 1.29 is 9.90 Å². The van der Waals surface area contributed by atoms with Crippen LogP contribution in [0.1, 0.15) is 35.7 Å². The van der Waals surface area contributed by atoms with E-state index in [-0.39, 0.29) is 0 Å².